The molecule has 1 fully saturated rings. The van der Waals surface area contributed by atoms with Gasteiger partial charge < -0.3 is 24.1 Å². The number of phenolic OH excluding ortho intramolecular Hbond substituents is 1. The molecule has 4 rings (SSSR count). The summed E-state index contributed by atoms with van der Waals surface area (Å²) < 4.78 is 22.2. The van der Waals surface area contributed by atoms with E-state index in [0.717, 1.165) is 25.9 Å². The van der Waals surface area contributed by atoms with Crippen LogP contribution in [0.1, 0.15) is 47.2 Å². The first kappa shape index (κ1) is 22.0. The summed E-state index contributed by atoms with van der Waals surface area (Å²) in [5.41, 5.74) is 1.73. The number of carbonyl (C=O) groups is 1. The van der Waals surface area contributed by atoms with Crippen LogP contribution < -0.4 is 18.9 Å². The van der Waals surface area contributed by atoms with Crippen LogP contribution in [-0.4, -0.2) is 50.2 Å². The molecule has 0 unspecified atom stereocenters. The summed E-state index contributed by atoms with van der Waals surface area (Å²) in [5.74, 6) is 2.09. The second kappa shape index (κ2) is 9.53. The van der Waals surface area contributed by atoms with Crippen molar-refractivity contribution in [3.05, 3.63) is 46.7 Å². The predicted octanol–water partition coefficient (Wildman–Crippen LogP) is 4.41. The number of Topliss-reactive ketones (excluding diaryl/α,β-unsaturated/α-hetero) is 1. The monoisotopic (exact) mass is 439 g/mol. The second-order valence-electron chi connectivity index (χ2n) is 8.02. The molecular weight excluding hydrogens is 410 g/mol. The van der Waals surface area contributed by atoms with Gasteiger partial charge in [-0.3, -0.25) is 9.69 Å². The van der Waals surface area contributed by atoms with Gasteiger partial charge in [-0.2, -0.15) is 0 Å². The lowest BCUT2D eigenvalue weighted by atomic mass is 10.0. The van der Waals surface area contributed by atoms with E-state index < -0.39 is 0 Å². The Morgan fingerprint density at radius 3 is 2.28 bits per heavy atom. The van der Waals surface area contributed by atoms with Gasteiger partial charge in [0.05, 0.1) is 32.5 Å². The average Bonchev–Trinajstić information content (AvgIpc) is 2.96. The maximum absolute atomic E-state index is 13.1. The molecule has 2 heterocycles. The Balaban J connectivity index is 1.68. The highest BCUT2D eigenvalue weighted by atomic mass is 16.5. The number of benzene rings is 2. The van der Waals surface area contributed by atoms with Crippen LogP contribution in [0.25, 0.3) is 6.08 Å². The highest BCUT2D eigenvalue weighted by Crippen LogP contribution is 2.42. The number of phenols is 1. The highest BCUT2D eigenvalue weighted by Gasteiger charge is 2.32. The van der Waals surface area contributed by atoms with E-state index in [1.165, 1.54) is 12.8 Å². The topological polar surface area (TPSA) is 77.5 Å². The third-order valence-corrected chi connectivity index (χ3v) is 6.02. The van der Waals surface area contributed by atoms with Gasteiger partial charge in [0.1, 0.15) is 17.2 Å². The van der Waals surface area contributed by atoms with Gasteiger partial charge in [0.2, 0.25) is 5.78 Å². The molecule has 170 valence electrons. The lowest BCUT2D eigenvalue weighted by molar-refractivity contribution is 0.101. The summed E-state index contributed by atoms with van der Waals surface area (Å²) in [6, 6.07) is 6.63. The van der Waals surface area contributed by atoms with E-state index >= 15 is 0 Å². The van der Waals surface area contributed by atoms with Crippen LogP contribution in [0, 0.1) is 0 Å². The maximum atomic E-state index is 13.1. The fourth-order valence-electron chi connectivity index (χ4n) is 4.27. The molecule has 0 atom stereocenters. The van der Waals surface area contributed by atoms with Gasteiger partial charge in [-0.15, -0.1) is 0 Å². The van der Waals surface area contributed by atoms with Gasteiger partial charge >= 0.3 is 0 Å². The summed E-state index contributed by atoms with van der Waals surface area (Å²) in [5, 5.41) is 10.6. The van der Waals surface area contributed by atoms with E-state index in [2.05, 4.69) is 4.90 Å². The summed E-state index contributed by atoms with van der Waals surface area (Å²) in [6.45, 7) is 2.50. The molecule has 0 aromatic heterocycles. The number of ketones is 1. The second-order valence-corrected chi connectivity index (χ2v) is 8.02. The van der Waals surface area contributed by atoms with Gasteiger partial charge in [-0.25, -0.2) is 0 Å². The van der Waals surface area contributed by atoms with Crippen molar-refractivity contribution in [3.63, 3.8) is 0 Å². The minimum Gasteiger partial charge on any atom is -0.507 e. The lowest BCUT2D eigenvalue weighted by Crippen LogP contribution is -2.24. The standard InChI is InChI=1S/C25H29NO6/c1-29-20-14-22(31-3)21(30-2)12-16(20)13-23-24(28)17-8-9-19(27)18(25(17)32-23)15-26-10-6-4-5-7-11-26/h8-9,12-14,27H,4-7,10-11,15H2,1-3H3. The van der Waals surface area contributed by atoms with Crippen molar-refractivity contribution in [2.24, 2.45) is 0 Å². The molecule has 2 aromatic rings. The molecule has 0 radical (unpaired) electrons. The molecular formula is C25H29NO6. The first-order valence-electron chi connectivity index (χ1n) is 10.9. The zero-order valence-corrected chi connectivity index (χ0v) is 18.8. The molecule has 1 N–H and O–H groups in total. The first-order valence-corrected chi connectivity index (χ1v) is 10.9. The number of hydrogen-bond donors (Lipinski definition) is 1. The Kier molecular flexibility index (Phi) is 6.55. The van der Waals surface area contributed by atoms with Gasteiger partial charge in [0, 0.05) is 18.2 Å². The molecule has 2 aliphatic rings. The van der Waals surface area contributed by atoms with Gasteiger partial charge in [-0.1, -0.05) is 12.8 Å². The Bertz CT molecular complexity index is 1040. The van der Waals surface area contributed by atoms with Crippen LogP contribution >= 0.6 is 0 Å². The zero-order chi connectivity index (χ0) is 22.7. The van der Waals surface area contributed by atoms with Crippen molar-refractivity contribution >= 4 is 11.9 Å². The van der Waals surface area contributed by atoms with Gasteiger partial charge in [0.25, 0.3) is 0 Å². The van der Waals surface area contributed by atoms with Crippen LogP contribution in [0.3, 0.4) is 0 Å². The van der Waals surface area contributed by atoms with Crippen molar-refractivity contribution in [2.75, 3.05) is 34.4 Å². The highest BCUT2D eigenvalue weighted by molar-refractivity contribution is 6.15. The predicted molar refractivity (Wildman–Crippen MR) is 121 cm³/mol. The largest absolute Gasteiger partial charge is 0.507 e. The quantitative estimate of drug-likeness (QED) is 0.668. The number of hydrogen-bond acceptors (Lipinski definition) is 7. The maximum Gasteiger partial charge on any atom is 0.231 e. The number of fused-ring (bicyclic) bond motifs is 1. The van der Waals surface area contributed by atoms with Gasteiger partial charge in [-0.05, 0) is 50.2 Å². The molecule has 7 heteroatoms. The molecule has 2 aromatic carbocycles. The van der Waals surface area contributed by atoms with Crippen LogP contribution in [0.4, 0.5) is 0 Å². The molecule has 32 heavy (non-hydrogen) atoms. The molecule has 0 saturated carbocycles. The number of aromatic hydroxyl groups is 1. The number of allylic oxidation sites excluding steroid dienone is 1. The van der Waals surface area contributed by atoms with Crippen molar-refractivity contribution in [1.82, 2.24) is 4.90 Å². The average molecular weight is 440 g/mol. The Labute approximate surface area is 188 Å². The number of carbonyl (C=O) groups excluding carboxylic acids is 1. The van der Waals surface area contributed by atoms with Crippen LogP contribution in [-0.2, 0) is 6.54 Å². The summed E-state index contributed by atoms with van der Waals surface area (Å²) in [7, 11) is 4.65. The van der Waals surface area contributed by atoms with Gasteiger partial charge in [0.15, 0.2) is 17.3 Å². The van der Waals surface area contributed by atoms with Crippen LogP contribution in [0.15, 0.2) is 30.0 Å². The van der Waals surface area contributed by atoms with Crippen molar-refractivity contribution in [3.8, 4) is 28.7 Å². The number of nitrogens with zero attached hydrogens (tertiary/aromatic N) is 1. The fourth-order valence-corrected chi connectivity index (χ4v) is 4.27. The lowest BCUT2D eigenvalue weighted by Gasteiger charge is -2.21. The summed E-state index contributed by atoms with van der Waals surface area (Å²) in [6.07, 6.45) is 6.37. The van der Waals surface area contributed by atoms with E-state index in [1.54, 1.807) is 51.7 Å². The zero-order valence-electron chi connectivity index (χ0n) is 18.8. The molecule has 2 aliphatic heterocycles. The van der Waals surface area contributed by atoms with E-state index in [0.29, 0.717) is 46.2 Å². The molecule has 0 spiro atoms. The molecule has 0 bridgehead atoms. The first-order chi connectivity index (χ1) is 15.5. The smallest absolute Gasteiger partial charge is 0.231 e. The normalized spacial score (nSPS) is 17.6. The number of rotatable bonds is 6. The molecule has 7 nitrogen and oxygen atoms in total. The van der Waals surface area contributed by atoms with Crippen molar-refractivity contribution in [2.45, 2.75) is 32.2 Å². The Hall–Kier alpha value is -3.19. The minimum absolute atomic E-state index is 0.144. The molecule has 0 amide bonds. The van der Waals surface area contributed by atoms with Crippen LogP contribution in [0.5, 0.6) is 28.7 Å². The third kappa shape index (κ3) is 4.25. The molecule has 1 saturated heterocycles. The number of likely N-dealkylation sites (tertiary alicyclic amines) is 1. The van der Waals surface area contributed by atoms with E-state index in [9.17, 15) is 9.90 Å². The number of ether oxygens (including phenoxy) is 4. The fraction of sp³-hybridized carbons (Fsp3) is 0.400. The molecule has 0 aliphatic carbocycles. The Morgan fingerprint density at radius 1 is 0.969 bits per heavy atom. The van der Waals surface area contributed by atoms with Crippen LogP contribution in [0.2, 0.25) is 0 Å². The minimum atomic E-state index is -0.228. The van der Waals surface area contributed by atoms with E-state index in [1.807, 2.05) is 0 Å². The van der Waals surface area contributed by atoms with E-state index in [-0.39, 0.29) is 17.3 Å². The van der Waals surface area contributed by atoms with E-state index in [4.69, 9.17) is 18.9 Å². The summed E-state index contributed by atoms with van der Waals surface area (Å²) >= 11 is 0. The third-order valence-electron chi connectivity index (χ3n) is 6.02. The Morgan fingerprint density at radius 2 is 1.62 bits per heavy atom. The van der Waals surface area contributed by atoms with Crippen molar-refractivity contribution < 1.29 is 28.8 Å². The number of methoxy groups -OCH3 is 3. The SMILES string of the molecule is COc1cc(OC)c(OC)cc1C=C1Oc2c(ccc(O)c2CN2CCCCCC2)C1=O. The summed E-state index contributed by atoms with van der Waals surface area (Å²) in [4.78, 5) is 15.4. The van der Waals surface area contributed by atoms with Crippen molar-refractivity contribution in [1.29, 1.82) is 0 Å².